The lowest BCUT2D eigenvalue weighted by atomic mass is 10.2. The van der Waals surface area contributed by atoms with E-state index in [1.54, 1.807) is 0 Å². The van der Waals surface area contributed by atoms with Crippen molar-refractivity contribution in [3.05, 3.63) is 22.2 Å². The van der Waals surface area contributed by atoms with Gasteiger partial charge >= 0.3 is 12.5 Å². The van der Waals surface area contributed by atoms with Crippen molar-refractivity contribution in [3.63, 3.8) is 0 Å². The van der Waals surface area contributed by atoms with Crippen LogP contribution in [0.15, 0.2) is 16.6 Å². The van der Waals surface area contributed by atoms with Crippen LogP contribution >= 0.6 is 15.9 Å². The van der Waals surface area contributed by atoms with Crippen LogP contribution in [0.5, 0.6) is 11.5 Å². The fourth-order valence-electron chi connectivity index (χ4n) is 0.940. The molecule has 0 saturated carbocycles. The summed E-state index contributed by atoms with van der Waals surface area (Å²) in [5, 5.41) is 9.11. The fraction of sp³-hybridized carbons (Fsp3) is 0.250. The second-order valence-electron chi connectivity index (χ2n) is 2.85. The summed E-state index contributed by atoms with van der Waals surface area (Å²) in [6.07, 6.45) is -10.0. The molecule has 0 heterocycles. The molecule has 9 heteroatoms. The topological polar surface area (TPSA) is 29.5 Å². The van der Waals surface area contributed by atoms with E-state index in [0.717, 1.165) is 0 Å². The predicted molar refractivity (Wildman–Crippen MR) is 47.5 cm³/mol. The molecule has 0 aromatic heterocycles. The molecular weight excluding hydrogens is 322 g/mol. The molecular formula is C8H3BrF6O2. The number of alkyl halides is 6. The van der Waals surface area contributed by atoms with Gasteiger partial charge in [-0.3, -0.25) is 0 Å². The maximum Gasteiger partial charge on any atom is 0.573 e. The van der Waals surface area contributed by atoms with Gasteiger partial charge in [-0.25, -0.2) is 0 Å². The molecule has 0 unspecified atom stereocenters. The molecule has 1 aromatic rings. The summed E-state index contributed by atoms with van der Waals surface area (Å²) in [4.78, 5) is 0. The quantitative estimate of drug-likeness (QED) is 0.789. The van der Waals surface area contributed by atoms with E-state index < -0.39 is 34.1 Å². The van der Waals surface area contributed by atoms with Crippen LogP contribution in [0.4, 0.5) is 26.3 Å². The highest BCUT2D eigenvalue weighted by Crippen LogP contribution is 2.42. The molecule has 96 valence electrons. The van der Waals surface area contributed by atoms with E-state index in [1.165, 1.54) is 0 Å². The number of benzene rings is 1. The minimum atomic E-state index is -5.19. The van der Waals surface area contributed by atoms with Crippen LogP contribution in [-0.2, 0) is 6.18 Å². The van der Waals surface area contributed by atoms with Gasteiger partial charge in [0.05, 0.1) is 10.0 Å². The van der Waals surface area contributed by atoms with Gasteiger partial charge in [0.25, 0.3) is 0 Å². The smallest absolute Gasteiger partial charge is 0.503 e. The molecule has 0 aliphatic rings. The standard InChI is InChI=1S/C8H3BrF6O2/c9-4-1-3(7(10,11)12)2-5(6(4)16)17-8(13,14)15/h1-2,16H. The maximum absolute atomic E-state index is 12.3. The van der Waals surface area contributed by atoms with Crippen molar-refractivity contribution >= 4 is 15.9 Å². The Balaban J connectivity index is 3.26. The Hall–Kier alpha value is -1.12. The molecule has 0 radical (unpaired) electrons. The average Bonchev–Trinajstić information content (AvgIpc) is 2.08. The van der Waals surface area contributed by atoms with Gasteiger partial charge < -0.3 is 9.84 Å². The largest absolute Gasteiger partial charge is 0.573 e. The van der Waals surface area contributed by atoms with E-state index in [1.807, 2.05) is 0 Å². The van der Waals surface area contributed by atoms with Gasteiger partial charge in [0.1, 0.15) is 0 Å². The van der Waals surface area contributed by atoms with Crippen LogP contribution in [0.25, 0.3) is 0 Å². The first-order valence-electron chi connectivity index (χ1n) is 3.86. The number of ether oxygens (including phenoxy) is 1. The van der Waals surface area contributed by atoms with Gasteiger partial charge in [-0.15, -0.1) is 13.2 Å². The Morgan fingerprint density at radius 3 is 2.00 bits per heavy atom. The van der Waals surface area contributed by atoms with Crippen LogP contribution in [0.3, 0.4) is 0 Å². The van der Waals surface area contributed by atoms with Gasteiger partial charge in [0.15, 0.2) is 11.5 Å². The highest BCUT2D eigenvalue weighted by Gasteiger charge is 2.36. The minimum absolute atomic E-state index is 0.0631. The zero-order valence-electron chi connectivity index (χ0n) is 7.66. The molecule has 0 atom stereocenters. The molecule has 0 saturated heterocycles. The molecule has 0 aliphatic heterocycles. The van der Waals surface area contributed by atoms with Crippen molar-refractivity contribution in [1.29, 1.82) is 0 Å². The lowest BCUT2D eigenvalue weighted by molar-refractivity contribution is -0.275. The molecule has 0 fully saturated rings. The van der Waals surface area contributed by atoms with Gasteiger partial charge in [-0.2, -0.15) is 13.2 Å². The average molecular weight is 325 g/mol. The summed E-state index contributed by atoms with van der Waals surface area (Å²) < 4.78 is 75.1. The van der Waals surface area contributed by atoms with Gasteiger partial charge in [-0.1, -0.05) is 0 Å². The Kier molecular flexibility index (Phi) is 3.51. The van der Waals surface area contributed by atoms with Gasteiger partial charge in [0, 0.05) is 0 Å². The molecule has 2 nitrogen and oxygen atoms in total. The SMILES string of the molecule is Oc1c(Br)cc(C(F)(F)F)cc1OC(F)(F)F. The Morgan fingerprint density at radius 1 is 1.06 bits per heavy atom. The van der Waals surface area contributed by atoms with Crippen molar-refractivity contribution in [2.24, 2.45) is 0 Å². The molecule has 17 heavy (non-hydrogen) atoms. The van der Waals surface area contributed by atoms with Gasteiger partial charge in [0.2, 0.25) is 0 Å². The number of phenolic OH excluding ortho intramolecular Hbond substituents is 1. The van der Waals surface area contributed by atoms with Crippen LogP contribution in [-0.4, -0.2) is 11.5 Å². The second-order valence-corrected chi connectivity index (χ2v) is 3.70. The molecule has 1 aromatic carbocycles. The first kappa shape index (κ1) is 13.9. The lowest BCUT2D eigenvalue weighted by Gasteiger charge is -2.14. The van der Waals surface area contributed by atoms with Gasteiger partial charge in [-0.05, 0) is 28.1 Å². The van der Waals surface area contributed by atoms with Crippen molar-refractivity contribution in [2.75, 3.05) is 0 Å². The molecule has 0 amide bonds. The van der Waals surface area contributed by atoms with Crippen molar-refractivity contribution in [1.82, 2.24) is 0 Å². The van der Waals surface area contributed by atoms with E-state index in [-0.39, 0.29) is 6.07 Å². The fourth-order valence-corrected chi connectivity index (χ4v) is 1.38. The lowest BCUT2D eigenvalue weighted by Crippen LogP contribution is -2.18. The predicted octanol–water partition coefficient (Wildman–Crippen LogP) is 4.07. The minimum Gasteiger partial charge on any atom is -0.503 e. The van der Waals surface area contributed by atoms with E-state index in [9.17, 15) is 26.3 Å². The number of phenols is 1. The molecule has 1 N–H and O–H groups in total. The molecule has 0 spiro atoms. The van der Waals surface area contributed by atoms with Crippen LogP contribution in [0.2, 0.25) is 0 Å². The van der Waals surface area contributed by atoms with E-state index in [4.69, 9.17) is 5.11 Å². The number of hydrogen-bond acceptors (Lipinski definition) is 2. The third kappa shape index (κ3) is 3.69. The first-order chi connectivity index (χ1) is 7.50. The summed E-state index contributed by atoms with van der Waals surface area (Å²) in [6, 6.07) is 0.506. The van der Waals surface area contributed by atoms with E-state index in [0.29, 0.717) is 6.07 Å². The number of rotatable bonds is 1. The number of hydrogen-bond donors (Lipinski definition) is 1. The van der Waals surface area contributed by atoms with E-state index in [2.05, 4.69) is 20.7 Å². The summed E-state index contributed by atoms with van der Waals surface area (Å²) in [5.41, 5.74) is -1.37. The summed E-state index contributed by atoms with van der Waals surface area (Å²) >= 11 is 2.50. The monoisotopic (exact) mass is 324 g/mol. The zero-order chi connectivity index (χ0) is 13.4. The van der Waals surface area contributed by atoms with Crippen LogP contribution < -0.4 is 4.74 Å². The van der Waals surface area contributed by atoms with Crippen molar-refractivity contribution in [3.8, 4) is 11.5 Å². The van der Waals surface area contributed by atoms with Crippen molar-refractivity contribution < 1.29 is 36.2 Å². The first-order valence-corrected chi connectivity index (χ1v) is 4.65. The Morgan fingerprint density at radius 2 is 1.59 bits per heavy atom. The van der Waals surface area contributed by atoms with Crippen molar-refractivity contribution in [2.45, 2.75) is 12.5 Å². The summed E-state index contributed by atoms with van der Waals surface area (Å²) in [7, 11) is 0. The normalized spacial score (nSPS) is 12.6. The van der Waals surface area contributed by atoms with Crippen LogP contribution in [0.1, 0.15) is 5.56 Å². The second kappa shape index (κ2) is 4.28. The Bertz CT molecular complexity index is 425. The highest BCUT2D eigenvalue weighted by molar-refractivity contribution is 9.10. The van der Waals surface area contributed by atoms with Crippen LogP contribution in [0, 0.1) is 0 Å². The number of halogens is 7. The summed E-state index contributed by atoms with van der Waals surface area (Å²) in [5.74, 6) is -2.38. The Labute approximate surface area is 98.9 Å². The maximum atomic E-state index is 12.3. The third-order valence-corrected chi connectivity index (χ3v) is 2.19. The summed E-state index contributed by atoms with van der Waals surface area (Å²) in [6.45, 7) is 0. The third-order valence-electron chi connectivity index (χ3n) is 1.58. The zero-order valence-corrected chi connectivity index (χ0v) is 9.24. The van der Waals surface area contributed by atoms with E-state index >= 15 is 0 Å². The molecule has 0 bridgehead atoms. The molecule has 1 rings (SSSR count). The highest BCUT2D eigenvalue weighted by atomic mass is 79.9. The number of aromatic hydroxyl groups is 1. The molecule has 0 aliphatic carbocycles.